The van der Waals surface area contributed by atoms with Crippen LogP contribution in [-0.2, 0) is 66.5 Å². The van der Waals surface area contributed by atoms with Gasteiger partial charge in [0, 0.05) is 24.7 Å². The second-order valence-corrected chi connectivity index (χ2v) is 31.5. The lowest BCUT2D eigenvalue weighted by atomic mass is 9.32. The summed E-state index contributed by atoms with van der Waals surface area (Å²) in [5.41, 5.74) is -0.639. The Morgan fingerprint density at radius 2 is 1.34 bits per heavy atom. The lowest BCUT2D eigenvalue weighted by Crippen LogP contribution is -2.67. The van der Waals surface area contributed by atoms with Gasteiger partial charge in [-0.3, -0.25) is 14.4 Å². The molecule has 4 saturated carbocycles. The molecule has 5 aliphatic carbocycles. The summed E-state index contributed by atoms with van der Waals surface area (Å²) in [5.74, 6) is -0.623. The Morgan fingerprint density at radius 3 is 2.01 bits per heavy atom. The Morgan fingerprint density at radius 1 is 0.659 bits per heavy atom. The SMILES string of the molecule is CC(=O)OC1[C@H](CC2[C@H](OC(=O)[C@]34CCC(C)(C)CC3C3=CCC5C6(C)CC[C@H](OC7OC(C(C)=O)[C@@H](C)[C@@H](C)C7C)[C@](C)(C=O)[C@@H]6CC[C@]5(C)[C@]3(C)CC4C)OC(C)[C@@H]3OC(C)(C)O[C@H]23)OC(C)[C@H](O[C@@H]2OC[C@@H](C)[C@H](C)C2C)[C@@H]1C. The summed E-state index contributed by atoms with van der Waals surface area (Å²) in [4.78, 5) is 55.9. The van der Waals surface area contributed by atoms with Crippen molar-refractivity contribution in [3.05, 3.63) is 11.6 Å². The summed E-state index contributed by atoms with van der Waals surface area (Å²) in [5, 5.41) is 0. The fraction of sp³-hybridized carbons (Fsp3) is 0.912. The number of ether oxygens (including phenoxy) is 10. The highest BCUT2D eigenvalue weighted by molar-refractivity contribution is 5.81. The molecule has 0 aromatic carbocycles. The van der Waals surface area contributed by atoms with E-state index in [2.05, 4.69) is 103 Å². The summed E-state index contributed by atoms with van der Waals surface area (Å²) in [6, 6.07) is 0. The number of hydrogen-bond acceptors (Lipinski definition) is 14. The van der Waals surface area contributed by atoms with E-state index >= 15 is 4.79 Å². The standard InChI is InChI=1S/C68H108O14/c1-34-32-73-58(39(6)36(34)3)79-54-41(8)55(76-45(12)71)49(74-43(54)10)29-46-57-56(81-63(15,16)82-57)44(11)75-60(46)80-61(72)68-28-27-62(13,14)31-48(68)47-21-22-51-64(17)25-24-52(77-59-40(7)37(4)38(5)53(78-59)42(9)70)65(18,33-69)50(64)23-26-66(51,19)67(47,20)30-35(68)2/h21,33-41,43-44,46,48-60H,22-32H2,1-20H3/t34-,35?,36+,37-,38+,39?,40?,41+,43?,44?,46?,48?,49+,50-,51?,52+,53?,54-,55?,56+,57-,58+,59?,60+,64?,65-,66+,67-,68+/m1/s1. The van der Waals surface area contributed by atoms with Crippen molar-refractivity contribution < 1.29 is 66.5 Å². The van der Waals surface area contributed by atoms with Crippen LogP contribution in [0.25, 0.3) is 0 Å². The number of allylic oxidation sites excluding steroid dienone is 2. The van der Waals surface area contributed by atoms with E-state index in [4.69, 9.17) is 47.4 Å². The van der Waals surface area contributed by atoms with Gasteiger partial charge in [-0.1, -0.05) is 109 Å². The van der Waals surface area contributed by atoms with Crippen molar-refractivity contribution >= 4 is 24.0 Å². The number of esters is 2. The number of rotatable bonds is 11. The molecule has 10 rings (SSSR count). The molecule has 9 fully saturated rings. The van der Waals surface area contributed by atoms with Crippen molar-refractivity contribution in [3.8, 4) is 0 Å². The fourth-order valence-electron chi connectivity index (χ4n) is 20.2. The predicted octanol–water partition coefficient (Wildman–Crippen LogP) is 12.6. The number of hydrogen-bond donors (Lipinski definition) is 0. The van der Waals surface area contributed by atoms with E-state index in [0.29, 0.717) is 37.2 Å². The summed E-state index contributed by atoms with van der Waals surface area (Å²) < 4.78 is 67.3. The minimum atomic E-state index is -0.994. The van der Waals surface area contributed by atoms with E-state index in [1.807, 2.05) is 27.7 Å². The summed E-state index contributed by atoms with van der Waals surface area (Å²) in [6.45, 7) is 43.4. The highest BCUT2D eigenvalue weighted by Gasteiger charge is 2.72. The van der Waals surface area contributed by atoms with Gasteiger partial charge in [-0.05, 0) is 168 Å². The minimum Gasteiger partial charge on any atom is -0.459 e. The van der Waals surface area contributed by atoms with E-state index in [-0.39, 0.29) is 93.0 Å². The maximum Gasteiger partial charge on any atom is 0.315 e. The lowest BCUT2D eigenvalue weighted by Gasteiger charge is -2.72. The van der Waals surface area contributed by atoms with E-state index in [9.17, 15) is 14.4 Å². The molecule has 5 heterocycles. The van der Waals surface area contributed by atoms with Gasteiger partial charge in [0.25, 0.3) is 0 Å². The van der Waals surface area contributed by atoms with Crippen molar-refractivity contribution in [1.29, 1.82) is 0 Å². The molecule has 0 N–H and O–H groups in total. The quantitative estimate of drug-likeness (QED) is 0.0832. The highest BCUT2D eigenvalue weighted by Crippen LogP contribution is 2.77. The molecule has 10 aliphatic rings. The smallest absolute Gasteiger partial charge is 0.315 e. The van der Waals surface area contributed by atoms with Crippen LogP contribution in [0.3, 0.4) is 0 Å². The molecule has 0 bridgehead atoms. The van der Waals surface area contributed by atoms with Crippen LogP contribution in [-0.4, -0.2) is 110 Å². The maximum atomic E-state index is 16.2. The Labute approximate surface area is 492 Å². The normalized spacial score (nSPS) is 53.2. The van der Waals surface area contributed by atoms with E-state index < -0.39 is 90.1 Å². The fourth-order valence-corrected chi connectivity index (χ4v) is 20.2. The molecule has 464 valence electrons. The van der Waals surface area contributed by atoms with Crippen LogP contribution in [0.4, 0.5) is 0 Å². The number of fused-ring (bicyclic) bond motifs is 8. The largest absolute Gasteiger partial charge is 0.459 e. The van der Waals surface area contributed by atoms with E-state index in [0.717, 1.165) is 51.4 Å². The molecule has 0 radical (unpaired) electrons. The Balaban J connectivity index is 0.933. The molecule has 14 nitrogen and oxygen atoms in total. The minimum absolute atomic E-state index is 0.0122. The number of aldehydes is 1. The zero-order valence-electron chi connectivity index (χ0n) is 54.0. The van der Waals surface area contributed by atoms with Crippen LogP contribution in [0.2, 0.25) is 0 Å². The van der Waals surface area contributed by atoms with Crippen LogP contribution in [0, 0.1) is 104 Å². The summed E-state index contributed by atoms with van der Waals surface area (Å²) in [7, 11) is 0. The van der Waals surface area contributed by atoms with E-state index in [1.165, 1.54) is 18.8 Å². The third kappa shape index (κ3) is 10.1. The number of carbonyl (C=O) groups is 4. The van der Waals surface area contributed by atoms with Crippen LogP contribution >= 0.6 is 0 Å². The molecule has 5 saturated heterocycles. The monoisotopic (exact) mass is 1150 g/mol. The molecule has 14 heteroatoms. The van der Waals surface area contributed by atoms with Gasteiger partial charge in [0.2, 0.25) is 6.29 Å². The van der Waals surface area contributed by atoms with Gasteiger partial charge in [0.1, 0.15) is 24.6 Å². The molecule has 0 spiro atoms. The van der Waals surface area contributed by atoms with Crippen LogP contribution < -0.4 is 0 Å². The van der Waals surface area contributed by atoms with Crippen molar-refractivity contribution in [2.24, 2.45) is 104 Å². The van der Waals surface area contributed by atoms with Gasteiger partial charge in [-0.2, -0.15) is 0 Å². The molecule has 0 aromatic rings. The molecule has 29 atom stereocenters. The predicted molar refractivity (Wildman–Crippen MR) is 309 cm³/mol. The molecule has 5 aliphatic heterocycles. The first kappa shape index (κ1) is 62.7. The molecular formula is C68H108O14. The highest BCUT2D eigenvalue weighted by atomic mass is 16.8. The van der Waals surface area contributed by atoms with Gasteiger partial charge in [0.05, 0.1) is 60.0 Å². The first-order valence-corrected chi connectivity index (χ1v) is 32.5. The Kier molecular flexibility index (Phi) is 16.9. The number of Topliss-reactive ketones (excluding diaryl/α,β-unsaturated/α-hetero) is 1. The zero-order chi connectivity index (χ0) is 59.9. The molecule has 82 heavy (non-hydrogen) atoms. The van der Waals surface area contributed by atoms with Gasteiger partial charge < -0.3 is 52.2 Å². The van der Waals surface area contributed by atoms with Crippen molar-refractivity contribution in [1.82, 2.24) is 0 Å². The molecule has 12 unspecified atom stereocenters. The molecule has 0 amide bonds. The summed E-state index contributed by atoms with van der Waals surface area (Å²) >= 11 is 0. The Hall–Kier alpha value is -2.30. The van der Waals surface area contributed by atoms with Crippen LogP contribution in [0.1, 0.15) is 203 Å². The average molecular weight is 1150 g/mol. The third-order valence-electron chi connectivity index (χ3n) is 25.9. The first-order valence-electron chi connectivity index (χ1n) is 32.5. The average Bonchev–Trinajstić information content (AvgIpc) is 0.947. The van der Waals surface area contributed by atoms with Gasteiger partial charge in [0.15, 0.2) is 24.2 Å². The number of carbonyl (C=O) groups excluding carboxylic acids is 4. The number of ketones is 1. The molecular weight excluding hydrogens is 1040 g/mol. The second kappa shape index (κ2) is 22.1. The molecule has 0 aromatic heterocycles. The van der Waals surface area contributed by atoms with Gasteiger partial charge in [-0.25, -0.2) is 0 Å². The second-order valence-electron chi connectivity index (χ2n) is 31.5. The van der Waals surface area contributed by atoms with Gasteiger partial charge >= 0.3 is 11.9 Å². The van der Waals surface area contributed by atoms with Crippen molar-refractivity contribution in [3.63, 3.8) is 0 Å². The maximum absolute atomic E-state index is 16.2. The van der Waals surface area contributed by atoms with E-state index in [1.54, 1.807) is 6.92 Å². The first-order chi connectivity index (χ1) is 38.2. The summed E-state index contributed by atoms with van der Waals surface area (Å²) in [6.07, 6.45) is 5.52. The zero-order valence-corrected chi connectivity index (χ0v) is 54.0. The third-order valence-corrected chi connectivity index (χ3v) is 25.9. The Bertz CT molecular complexity index is 2440. The van der Waals surface area contributed by atoms with Crippen LogP contribution in [0.15, 0.2) is 11.6 Å². The van der Waals surface area contributed by atoms with Crippen molar-refractivity contribution in [2.75, 3.05) is 6.61 Å². The van der Waals surface area contributed by atoms with Crippen molar-refractivity contribution in [2.45, 2.75) is 282 Å². The van der Waals surface area contributed by atoms with Crippen LogP contribution in [0.5, 0.6) is 0 Å². The van der Waals surface area contributed by atoms with Gasteiger partial charge in [-0.15, -0.1) is 0 Å². The topological polar surface area (TPSA) is 161 Å². The lowest BCUT2D eigenvalue weighted by molar-refractivity contribution is -0.297.